The molecule has 4 rings (SSSR count). The van der Waals surface area contributed by atoms with Crippen LogP contribution in [0.2, 0.25) is 5.02 Å². The summed E-state index contributed by atoms with van der Waals surface area (Å²) >= 11 is 6.05. The zero-order chi connectivity index (χ0) is 24.2. The average Bonchev–Trinajstić information content (AvgIpc) is 3.18. The summed E-state index contributed by atoms with van der Waals surface area (Å²) < 4.78 is 10.4. The number of rotatable bonds is 9. The van der Waals surface area contributed by atoms with Gasteiger partial charge in [0.25, 0.3) is 5.56 Å². The third-order valence-electron chi connectivity index (χ3n) is 5.73. The lowest BCUT2D eigenvalue weighted by molar-refractivity contribution is 0.277. The second-order valence-corrected chi connectivity index (χ2v) is 8.38. The molecule has 0 unspecified atom stereocenters. The van der Waals surface area contributed by atoms with E-state index in [0.29, 0.717) is 30.3 Å². The Hall–Kier alpha value is -3.36. The maximum absolute atomic E-state index is 13.5. The van der Waals surface area contributed by atoms with Gasteiger partial charge in [0.05, 0.1) is 6.54 Å². The van der Waals surface area contributed by atoms with Gasteiger partial charge in [-0.1, -0.05) is 42.8 Å². The van der Waals surface area contributed by atoms with Crippen LogP contribution in [0, 0.1) is 0 Å². The highest BCUT2D eigenvalue weighted by Crippen LogP contribution is 2.26. The standard InChI is InChI=1S/C25H27ClN4O4/c1-3-17-8-12-20(13-9-17)34-24-27-22-21(30(24)16-18-6-10-19(26)11-7-18)23(32)29(14-5-15-31)25(33)28(22)4-2/h6-13,31H,3-5,14-16H2,1-2H3. The van der Waals surface area contributed by atoms with Crippen LogP contribution in [0.25, 0.3) is 11.2 Å². The van der Waals surface area contributed by atoms with Crippen molar-refractivity contribution in [1.82, 2.24) is 18.7 Å². The average molecular weight is 483 g/mol. The van der Waals surface area contributed by atoms with Crippen molar-refractivity contribution in [1.29, 1.82) is 0 Å². The third kappa shape index (κ3) is 4.64. The number of fused-ring (bicyclic) bond motifs is 1. The lowest BCUT2D eigenvalue weighted by Gasteiger charge is -2.12. The second kappa shape index (κ2) is 10.3. The SMILES string of the molecule is CCc1ccc(Oc2nc3c(c(=O)n(CCCO)c(=O)n3CC)n2Cc2ccc(Cl)cc2)cc1. The van der Waals surface area contributed by atoms with Crippen LogP contribution >= 0.6 is 11.6 Å². The molecule has 0 saturated carbocycles. The Kier molecular flexibility index (Phi) is 7.19. The first-order valence-electron chi connectivity index (χ1n) is 11.3. The molecule has 8 nitrogen and oxygen atoms in total. The second-order valence-electron chi connectivity index (χ2n) is 7.94. The van der Waals surface area contributed by atoms with Gasteiger partial charge in [0, 0.05) is 24.7 Å². The van der Waals surface area contributed by atoms with Gasteiger partial charge in [0.15, 0.2) is 11.2 Å². The predicted octanol–water partition coefficient (Wildman–Crippen LogP) is 3.82. The molecule has 2 aromatic carbocycles. The van der Waals surface area contributed by atoms with E-state index in [1.165, 1.54) is 10.1 Å². The number of ether oxygens (including phenoxy) is 1. The van der Waals surface area contributed by atoms with E-state index in [1.807, 2.05) is 43.3 Å². The summed E-state index contributed by atoms with van der Waals surface area (Å²) in [6.07, 6.45) is 1.20. The van der Waals surface area contributed by atoms with E-state index in [9.17, 15) is 14.7 Å². The van der Waals surface area contributed by atoms with Gasteiger partial charge in [-0.2, -0.15) is 4.98 Å². The number of imidazole rings is 1. The molecule has 0 aliphatic carbocycles. The van der Waals surface area contributed by atoms with Crippen molar-refractivity contribution in [3.05, 3.63) is 85.5 Å². The number of nitrogens with zero attached hydrogens (tertiary/aromatic N) is 4. The number of hydrogen-bond donors (Lipinski definition) is 1. The number of hydrogen-bond acceptors (Lipinski definition) is 5. The Balaban J connectivity index is 1.93. The van der Waals surface area contributed by atoms with Crippen LogP contribution in [-0.2, 0) is 26.1 Å². The first-order chi connectivity index (χ1) is 16.5. The maximum atomic E-state index is 13.5. The molecule has 2 heterocycles. The van der Waals surface area contributed by atoms with E-state index in [2.05, 4.69) is 11.9 Å². The Morgan fingerprint density at radius 3 is 2.24 bits per heavy atom. The summed E-state index contributed by atoms with van der Waals surface area (Å²) in [5.41, 5.74) is 1.69. The van der Waals surface area contributed by atoms with Crippen molar-refractivity contribution >= 4 is 22.8 Å². The Bertz CT molecular complexity index is 1400. The molecule has 0 atom stereocenters. The monoisotopic (exact) mass is 482 g/mol. The Morgan fingerprint density at radius 1 is 0.941 bits per heavy atom. The number of aryl methyl sites for hydroxylation is 2. The van der Waals surface area contributed by atoms with Crippen molar-refractivity contribution in [3.8, 4) is 11.8 Å². The molecule has 0 spiro atoms. The maximum Gasteiger partial charge on any atom is 0.332 e. The van der Waals surface area contributed by atoms with Crippen LogP contribution in [0.5, 0.6) is 11.8 Å². The molecule has 0 aliphatic heterocycles. The fraction of sp³-hybridized carbons (Fsp3) is 0.320. The van der Waals surface area contributed by atoms with Gasteiger partial charge in [0.2, 0.25) is 0 Å². The molecule has 0 fully saturated rings. The first kappa shape index (κ1) is 23.8. The first-order valence-corrected chi connectivity index (χ1v) is 11.7. The minimum absolute atomic E-state index is 0.116. The minimum atomic E-state index is -0.462. The molecule has 0 saturated heterocycles. The topological polar surface area (TPSA) is 91.3 Å². The summed E-state index contributed by atoms with van der Waals surface area (Å²) in [6, 6.07) is 15.2. The molecule has 4 aromatic rings. The summed E-state index contributed by atoms with van der Waals surface area (Å²) in [5.74, 6) is 0.580. The van der Waals surface area contributed by atoms with Crippen LogP contribution < -0.4 is 16.0 Å². The number of aliphatic hydroxyl groups excluding tert-OH is 1. The van der Waals surface area contributed by atoms with E-state index >= 15 is 0 Å². The third-order valence-corrected chi connectivity index (χ3v) is 5.98. The molecule has 178 valence electrons. The molecular formula is C25H27ClN4O4. The molecule has 0 aliphatic rings. The largest absolute Gasteiger partial charge is 0.425 e. The van der Waals surface area contributed by atoms with Crippen molar-refractivity contribution in [2.45, 2.75) is 46.3 Å². The fourth-order valence-corrected chi connectivity index (χ4v) is 4.00. The van der Waals surface area contributed by atoms with Crippen LogP contribution in [-0.4, -0.2) is 30.4 Å². The molecule has 0 amide bonds. The molecule has 2 aromatic heterocycles. The quantitative estimate of drug-likeness (QED) is 0.391. The van der Waals surface area contributed by atoms with Crippen LogP contribution in [0.1, 0.15) is 31.4 Å². The molecular weight excluding hydrogens is 456 g/mol. The summed E-state index contributed by atoms with van der Waals surface area (Å²) in [5, 5.41) is 9.86. The van der Waals surface area contributed by atoms with Crippen molar-refractivity contribution in [2.75, 3.05) is 6.61 Å². The molecule has 9 heteroatoms. The summed E-state index contributed by atoms with van der Waals surface area (Å²) in [7, 11) is 0. The molecule has 1 N–H and O–H groups in total. The lowest BCUT2D eigenvalue weighted by Crippen LogP contribution is -2.40. The zero-order valence-electron chi connectivity index (χ0n) is 19.2. The summed E-state index contributed by atoms with van der Waals surface area (Å²) in [6.45, 7) is 4.52. The number of halogens is 1. The van der Waals surface area contributed by atoms with Gasteiger partial charge in [-0.15, -0.1) is 0 Å². The highest BCUT2D eigenvalue weighted by atomic mass is 35.5. The summed E-state index contributed by atoms with van der Waals surface area (Å²) in [4.78, 5) is 31.1. The predicted molar refractivity (Wildman–Crippen MR) is 132 cm³/mol. The van der Waals surface area contributed by atoms with Crippen molar-refractivity contribution in [2.24, 2.45) is 0 Å². The highest BCUT2D eigenvalue weighted by molar-refractivity contribution is 6.30. The van der Waals surface area contributed by atoms with E-state index < -0.39 is 11.2 Å². The lowest BCUT2D eigenvalue weighted by atomic mass is 10.2. The molecule has 34 heavy (non-hydrogen) atoms. The van der Waals surface area contributed by atoms with Crippen molar-refractivity contribution < 1.29 is 9.84 Å². The van der Waals surface area contributed by atoms with E-state index in [-0.39, 0.29) is 30.3 Å². The van der Waals surface area contributed by atoms with E-state index in [1.54, 1.807) is 16.7 Å². The number of aromatic nitrogens is 4. The van der Waals surface area contributed by atoms with Crippen LogP contribution in [0.15, 0.2) is 58.1 Å². The Labute approximate surface area is 201 Å². The number of aliphatic hydroxyl groups is 1. The van der Waals surface area contributed by atoms with Gasteiger partial charge in [0.1, 0.15) is 5.75 Å². The van der Waals surface area contributed by atoms with Gasteiger partial charge in [-0.25, -0.2) is 4.79 Å². The van der Waals surface area contributed by atoms with Crippen LogP contribution in [0.4, 0.5) is 0 Å². The van der Waals surface area contributed by atoms with Gasteiger partial charge in [-0.3, -0.25) is 18.5 Å². The van der Waals surface area contributed by atoms with E-state index in [0.717, 1.165) is 16.6 Å². The van der Waals surface area contributed by atoms with Crippen molar-refractivity contribution in [3.63, 3.8) is 0 Å². The zero-order valence-corrected chi connectivity index (χ0v) is 20.0. The fourth-order valence-electron chi connectivity index (χ4n) is 3.88. The normalized spacial score (nSPS) is 11.3. The Morgan fingerprint density at radius 2 is 1.62 bits per heavy atom. The number of benzene rings is 2. The van der Waals surface area contributed by atoms with Gasteiger partial charge in [-0.05, 0) is 55.2 Å². The smallest absolute Gasteiger partial charge is 0.332 e. The minimum Gasteiger partial charge on any atom is -0.425 e. The molecule has 0 radical (unpaired) electrons. The van der Waals surface area contributed by atoms with Gasteiger partial charge < -0.3 is 9.84 Å². The van der Waals surface area contributed by atoms with Gasteiger partial charge >= 0.3 is 11.7 Å². The highest BCUT2D eigenvalue weighted by Gasteiger charge is 2.22. The molecule has 0 bridgehead atoms. The van der Waals surface area contributed by atoms with E-state index in [4.69, 9.17) is 16.3 Å². The van der Waals surface area contributed by atoms with Crippen LogP contribution in [0.3, 0.4) is 0 Å².